The molecule has 0 N–H and O–H groups in total. The molecule has 1 aliphatic rings. The van der Waals surface area contributed by atoms with Crippen LogP contribution in [-0.4, -0.2) is 30.1 Å². The van der Waals surface area contributed by atoms with Crippen molar-refractivity contribution in [3.63, 3.8) is 0 Å². The van der Waals surface area contributed by atoms with Crippen LogP contribution in [0, 0.1) is 17.5 Å². The van der Waals surface area contributed by atoms with E-state index in [2.05, 4.69) is 0 Å². The van der Waals surface area contributed by atoms with Gasteiger partial charge in [0.2, 0.25) is 0 Å². The topological polar surface area (TPSA) is 40.1 Å². The average molecular weight is 338 g/mol. The summed E-state index contributed by atoms with van der Waals surface area (Å²) in [6, 6.07) is 1.39. The summed E-state index contributed by atoms with van der Waals surface area (Å²) in [5.74, 6) is -3.80. The molecule has 0 bridgehead atoms. The fourth-order valence-electron chi connectivity index (χ4n) is 3.26. The van der Waals surface area contributed by atoms with Crippen molar-refractivity contribution in [3.8, 4) is 0 Å². The number of benzene rings is 1. The smallest absolute Gasteiger partial charge is 0.550 e. The van der Waals surface area contributed by atoms with Crippen LogP contribution in [0.15, 0.2) is 12.1 Å². The number of likely N-dealkylation sites (tertiary alicyclic amines) is 1. The molecule has 0 aromatic heterocycles. The second-order valence-corrected chi connectivity index (χ2v) is 6.05. The second-order valence-electron chi connectivity index (χ2n) is 6.05. The number of hydrogen-bond acceptors (Lipinski definition) is 2. The van der Waals surface area contributed by atoms with Gasteiger partial charge in [0.05, 0.1) is 25.2 Å². The van der Waals surface area contributed by atoms with E-state index in [0.717, 1.165) is 32.4 Å². The summed E-state index contributed by atoms with van der Waals surface area (Å²) in [5.41, 5.74) is -0.114. The molecule has 0 saturated carbocycles. The van der Waals surface area contributed by atoms with Gasteiger partial charge < -0.3 is 14.4 Å². The molecule has 0 spiro atoms. The van der Waals surface area contributed by atoms with E-state index in [1.54, 1.807) is 0 Å². The molecule has 0 amide bonds. The van der Waals surface area contributed by atoms with E-state index in [1.807, 2.05) is 0 Å². The summed E-state index contributed by atoms with van der Waals surface area (Å²) in [7, 11) is 0. The summed E-state index contributed by atoms with van der Waals surface area (Å²) in [4.78, 5) is 10.6. The number of piperidine rings is 1. The fraction of sp³-hybridized carbons (Fsp3) is 0.562. The first-order chi connectivity index (χ1) is 10.4. The normalized spacial score (nSPS) is 16.7. The van der Waals surface area contributed by atoms with E-state index < -0.39 is 23.4 Å². The Labute approximate surface area is 156 Å². The number of nitrogens with zero attached hydrogens (tertiary/aromatic N) is 1. The molecular formula is C16H20F3NNaO2+. The van der Waals surface area contributed by atoms with Gasteiger partial charge in [0.25, 0.3) is 0 Å². The molecule has 7 heteroatoms. The molecule has 1 aromatic carbocycles. The third-order valence-corrected chi connectivity index (χ3v) is 4.38. The van der Waals surface area contributed by atoms with E-state index >= 15 is 0 Å². The van der Waals surface area contributed by atoms with Crippen molar-refractivity contribution in [1.29, 1.82) is 0 Å². The monoisotopic (exact) mass is 338 g/mol. The molecule has 0 atom stereocenters. The third kappa shape index (κ3) is 5.78. The van der Waals surface area contributed by atoms with Crippen molar-refractivity contribution < 1.29 is 57.1 Å². The maximum absolute atomic E-state index is 13.9. The van der Waals surface area contributed by atoms with Crippen molar-refractivity contribution in [3.05, 3.63) is 35.1 Å². The Morgan fingerprint density at radius 3 is 2.17 bits per heavy atom. The summed E-state index contributed by atoms with van der Waals surface area (Å²) in [5, 5.41) is 10.6. The maximum atomic E-state index is 13.9. The van der Waals surface area contributed by atoms with E-state index in [9.17, 15) is 23.1 Å². The zero-order chi connectivity index (χ0) is 16.2. The number of carboxylic acids is 1. The molecule has 0 aliphatic carbocycles. The van der Waals surface area contributed by atoms with Gasteiger partial charge in [-0.05, 0) is 25.7 Å². The van der Waals surface area contributed by atoms with Crippen LogP contribution in [-0.2, 0) is 11.3 Å². The van der Waals surface area contributed by atoms with E-state index in [4.69, 9.17) is 0 Å². The largest absolute Gasteiger partial charge is 1.00 e. The number of carboxylic acid groups (broad SMARTS) is 1. The first kappa shape index (κ1) is 20.5. The molecule has 23 heavy (non-hydrogen) atoms. The quantitative estimate of drug-likeness (QED) is 0.500. The maximum Gasteiger partial charge on any atom is 1.00 e. The average Bonchev–Trinajstić information content (AvgIpc) is 2.43. The van der Waals surface area contributed by atoms with Crippen LogP contribution in [0.2, 0.25) is 0 Å². The molecular weight excluding hydrogens is 318 g/mol. The minimum absolute atomic E-state index is 0. The van der Waals surface area contributed by atoms with Crippen LogP contribution in [0.5, 0.6) is 0 Å². The standard InChI is InChI=1S/C16H20F3NO2.Na/c17-12-9-14(18)13(15(19)10-12)11-20(6-2-1-3-7-20)8-4-5-16(21)22;/h9-10H,1-8,11H2;/q;+1. The first-order valence-electron chi connectivity index (χ1n) is 7.60. The molecule has 122 valence electrons. The number of hydrogen-bond donors (Lipinski definition) is 0. The van der Waals surface area contributed by atoms with Crippen LogP contribution < -0.4 is 34.7 Å². The van der Waals surface area contributed by atoms with Gasteiger partial charge >= 0.3 is 29.6 Å². The molecule has 1 fully saturated rings. The van der Waals surface area contributed by atoms with E-state index in [1.165, 1.54) is 0 Å². The van der Waals surface area contributed by atoms with Gasteiger partial charge in [-0.1, -0.05) is 0 Å². The molecule has 1 aromatic rings. The Kier molecular flexibility index (Phi) is 8.07. The van der Waals surface area contributed by atoms with Crippen molar-refractivity contribution in [2.45, 2.75) is 38.6 Å². The fourth-order valence-corrected chi connectivity index (χ4v) is 3.26. The zero-order valence-corrected chi connectivity index (χ0v) is 15.4. The summed E-state index contributed by atoms with van der Waals surface area (Å²) < 4.78 is 41.3. The molecule has 2 rings (SSSR count). The number of carbonyl (C=O) groups excluding carboxylic acids is 1. The Morgan fingerprint density at radius 1 is 1.09 bits per heavy atom. The van der Waals surface area contributed by atoms with Gasteiger partial charge in [0.15, 0.2) is 0 Å². The van der Waals surface area contributed by atoms with Crippen LogP contribution in [0.4, 0.5) is 13.2 Å². The summed E-state index contributed by atoms with van der Waals surface area (Å²) >= 11 is 0. The predicted molar refractivity (Wildman–Crippen MR) is 73.0 cm³/mol. The van der Waals surface area contributed by atoms with Crippen LogP contribution in [0.25, 0.3) is 0 Å². The molecule has 1 saturated heterocycles. The summed E-state index contributed by atoms with van der Waals surface area (Å²) in [6.45, 7) is 2.17. The molecule has 1 aliphatic heterocycles. The Bertz CT molecular complexity index is 525. The Balaban J connectivity index is 0.00000264. The number of aliphatic carboxylic acids is 1. The van der Waals surface area contributed by atoms with Gasteiger partial charge in [-0.2, -0.15) is 0 Å². The molecule has 0 unspecified atom stereocenters. The predicted octanol–water partition coefficient (Wildman–Crippen LogP) is -0.861. The van der Waals surface area contributed by atoms with Crippen molar-refractivity contribution in [1.82, 2.24) is 0 Å². The van der Waals surface area contributed by atoms with Gasteiger partial charge in [0.1, 0.15) is 24.0 Å². The van der Waals surface area contributed by atoms with Gasteiger partial charge in [-0.3, -0.25) is 0 Å². The van der Waals surface area contributed by atoms with Gasteiger partial charge in [-0.15, -0.1) is 0 Å². The molecule has 0 radical (unpaired) electrons. The van der Waals surface area contributed by atoms with Crippen molar-refractivity contribution in [2.24, 2.45) is 0 Å². The van der Waals surface area contributed by atoms with Gasteiger partial charge in [0, 0.05) is 24.5 Å². The van der Waals surface area contributed by atoms with Crippen LogP contribution >= 0.6 is 0 Å². The summed E-state index contributed by atoms with van der Waals surface area (Å²) in [6.07, 6.45) is 3.29. The third-order valence-electron chi connectivity index (χ3n) is 4.38. The van der Waals surface area contributed by atoms with Crippen LogP contribution in [0.3, 0.4) is 0 Å². The zero-order valence-electron chi connectivity index (χ0n) is 13.4. The van der Waals surface area contributed by atoms with E-state index in [0.29, 0.717) is 29.6 Å². The van der Waals surface area contributed by atoms with Crippen molar-refractivity contribution >= 4 is 5.97 Å². The van der Waals surface area contributed by atoms with Gasteiger partial charge in [-0.25, -0.2) is 13.2 Å². The SMILES string of the molecule is O=C([O-])CCC[N+]1(Cc2c(F)cc(F)cc2F)CCCCC1.[Na+]. The minimum atomic E-state index is -1.12. The van der Waals surface area contributed by atoms with Crippen molar-refractivity contribution in [2.75, 3.05) is 19.6 Å². The number of quaternary nitrogens is 1. The number of rotatable bonds is 6. The first-order valence-corrected chi connectivity index (χ1v) is 7.60. The number of carbonyl (C=O) groups is 1. The Morgan fingerprint density at radius 2 is 1.65 bits per heavy atom. The number of halogens is 3. The van der Waals surface area contributed by atoms with E-state index in [-0.39, 0.29) is 48.1 Å². The second kappa shape index (κ2) is 9.06. The van der Waals surface area contributed by atoms with Crippen LogP contribution in [0.1, 0.15) is 37.7 Å². The Hall–Kier alpha value is -0.560. The molecule has 3 nitrogen and oxygen atoms in total. The molecule has 1 heterocycles. The minimum Gasteiger partial charge on any atom is -0.550 e.